The van der Waals surface area contributed by atoms with Gasteiger partial charge in [-0.15, -0.1) is 0 Å². The summed E-state index contributed by atoms with van der Waals surface area (Å²) in [5.41, 5.74) is -3.95. The van der Waals surface area contributed by atoms with E-state index in [0.29, 0.717) is 51.4 Å². The van der Waals surface area contributed by atoms with Gasteiger partial charge in [0.25, 0.3) is 0 Å². The van der Waals surface area contributed by atoms with Crippen LogP contribution in [0.3, 0.4) is 0 Å². The highest BCUT2D eigenvalue weighted by atomic mass is 16.8. The molecular formula is C49H87N3O13. The molecule has 3 rings (SSSR count). The second-order valence-corrected chi connectivity index (χ2v) is 23.7. The van der Waals surface area contributed by atoms with Crippen LogP contribution in [0.2, 0.25) is 0 Å². The number of hydroxylamine groups is 6. The number of hydrogen-bond donors (Lipinski definition) is 1. The third-order valence-corrected chi connectivity index (χ3v) is 12.8. The van der Waals surface area contributed by atoms with Gasteiger partial charge in [-0.25, -0.2) is 9.59 Å². The standard InChI is InChI=1S/C49H87N3O13/c1-33(40(55)59-32-60-41(56)34(2)65-52-48(14,15)30-37(31-49(52,16)17)63-42(57)43(3,4)5)64-51-46(10,11)28-36(29-47(51,12)13)62-39(54)25-23-21-19-18-20-22-24-38(53)61-35-26-44(6,7)50(58)45(8,9)27-35/h33-37,58H,18-32H2,1-17H3. The van der Waals surface area contributed by atoms with Gasteiger partial charge < -0.3 is 28.9 Å². The van der Waals surface area contributed by atoms with Crippen molar-refractivity contribution in [2.24, 2.45) is 5.41 Å². The van der Waals surface area contributed by atoms with E-state index < -0.39 is 69.6 Å². The second-order valence-electron chi connectivity index (χ2n) is 23.7. The molecule has 2 unspecified atom stereocenters. The smallest absolute Gasteiger partial charge is 0.339 e. The lowest BCUT2D eigenvalue weighted by Crippen LogP contribution is -2.63. The number of esters is 5. The molecule has 16 heteroatoms. The lowest BCUT2D eigenvalue weighted by molar-refractivity contribution is -0.312. The third-order valence-electron chi connectivity index (χ3n) is 12.8. The van der Waals surface area contributed by atoms with Crippen molar-refractivity contribution in [1.29, 1.82) is 0 Å². The Bertz CT molecular complexity index is 1580. The van der Waals surface area contributed by atoms with Crippen LogP contribution in [0.25, 0.3) is 0 Å². The summed E-state index contributed by atoms with van der Waals surface area (Å²) in [7, 11) is 0. The van der Waals surface area contributed by atoms with Crippen LogP contribution in [0.4, 0.5) is 0 Å². The maximum atomic E-state index is 13.1. The summed E-state index contributed by atoms with van der Waals surface area (Å²) in [4.78, 5) is 76.5. The van der Waals surface area contributed by atoms with Gasteiger partial charge in [0.1, 0.15) is 18.3 Å². The van der Waals surface area contributed by atoms with Crippen molar-refractivity contribution in [2.45, 2.75) is 271 Å². The number of unbranched alkanes of at least 4 members (excludes halogenated alkanes) is 5. The van der Waals surface area contributed by atoms with Gasteiger partial charge in [-0.05, 0) is 131 Å². The molecule has 0 amide bonds. The quantitative estimate of drug-likeness (QED) is 0.0529. The zero-order chi connectivity index (χ0) is 49.6. The van der Waals surface area contributed by atoms with Crippen LogP contribution >= 0.6 is 0 Å². The monoisotopic (exact) mass is 926 g/mol. The Labute approximate surface area is 390 Å². The predicted octanol–water partition coefficient (Wildman–Crippen LogP) is 8.92. The first kappa shape index (κ1) is 56.4. The Morgan fingerprint density at radius 3 is 1.12 bits per heavy atom. The van der Waals surface area contributed by atoms with E-state index in [4.69, 9.17) is 33.4 Å². The summed E-state index contributed by atoms with van der Waals surface area (Å²) in [6, 6.07) is 0. The normalized spacial score (nSPS) is 23.5. The zero-order valence-electron chi connectivity index (χ0n) is 43.2. The van der Waals surface area contributed by atoms with Crippen LogP contribution in [-0.4, -0.2) is 121 Å². The van der Waals surface area contributed by atoms with Gasteiger partial charge in [-0.3, -0.25) is 24.1 Å². The van der Waals surface area contributed by atoms with Gasteiger partial charge in [0.15, 0.2) is 12.2 Å². The number of carbonyl (C=O) groups is 5. The highest BCUT2D eigenvalue weighted by Gasteiger charge is 2.51. The van der Waals surface area contributed by atoms with Gasteiger partial charge in [-0.2, -0.15) is 15.2 Å². The van der Waals surface area contributed by atoms with E-state index in [-0.39, 0.29) is 36.2 Å². The molecule has 1 N–H and O–H groups in total. The van der Waals surface area contributed by atoms with Gasteiger partial charge in [-0.1, -0.05) is 25.7 Å². The van der Waals surface area contributed by atoms with Crippen molar-refractivity contribution in [3.05, 3.63) is 0 Å². The highest BCUT2D eigenvalue weighted by molar-refractivity contribution is 5.76. The summed E-state index contributed by atoms with van der Waals surface area (Å²) in [5.74, 6) is -2.12. The molecule has 16 nitrogen and oxygen atoms in total. The Morgan fingerprint density at radius 2 is 0.800 bits per heavy atom. The first-order chi connectivity index (χ1) is 29.6. The van der Waals surface area contributed by atoms with E-state index in [0.717, 1.165) is 38.5 Å². The van der Waals surface area contributed by atoms with E-state index in [1.165, 1.54) is 5.06 Å². The molecule has 0 spiro atoms. The molecule has 0 radical (unpaired) electrons. The molecule has 2 atom stereocenters. The first-order valence-corrected chi connectivity index (χ1v) is 24.0. The first-order valence-electron chi connectivity index (χ1n) is 24.0. The van der Waals surface area contributed by atoms with Crippen molar-refractivity contribution in [2.75, 3.05) is 6.79 Å². The Balaban J connectivity index is 1.34. The summed E-state index contributed by atoms with van der Waals surface area (Å²) in [6.07, 6.45) is 6.17. The van der Waals surface area contributed by atoms with Gasteiger partial charge in [0.2, 0.25) is 6.79 Å². The zero-order valence-corrected chi connectivity index (χ0v) is 43.2. The predicted molar refractivity (Wildman–Crippen MR) is 244 cm³/mol. The highest BCUT2D eigenvalue weighted by Crippen LogP contribution is 2.43. The molecule has 0 aliphatic carbocycles. The molecule has 0 aromatic rings. The minimum Gasteiger partial charge on any atom is -0.462 e. The number of rotatable bonds is 20. The summed E-state index contributed by atoms with van der Waals surface area (Å²) >= 11 is 0. The lowest BCUT2D eigenvalue weighted by atomic mass is 9.80. The molecule has 3 aliphatic rings. The van der Waals surface area contributed by atoms with E-state index in [1.54, 1.807) is 24.0 Å². The minimum absolute atomic E-state index is 0.189. The molecule has 3 aliphatic heterocycles. The topological polar surface area (TPSA) is 180 Å². The van der Waals surface area contributed by atoms with E-state index >= 15 is 0 Å². The summed E-state index contributed by atoms with van der Waals surface area (Å²) < 4.78 is 28.2. The van der Waals surface area contributed by atoms with Crippen molar-refractivity contribution in [3.63, 3.8) is 0 Å². The number of carbonyl (C=O) groups excluding carboxylic acids is 5. The van der Waals surface area contributed by atoms with Gasteiger partial charge in [0.05, 0.1) is 5.41 Å². The van der Waals surface area contributed by atoms with Crippen molar-refractivity contribution >= 4 is 29.8 Å². The fourth-order valence-electron chi connectivity index (χ4n) is 10.2. The third kappa shape index (κ3) is 16.4. The molecule has 0 saturated carbocycles. The second kappa shape index (κ2) is 22.0. The van der Waals surface area contributed by atoms with Gasteiger partial charge in [0, 0.05) is 84.6 Å². The van der Waals surface area contributed by atoms with Gasteiger partial charge >= 0.3 is 29.8 Å². The molecule has 0 aromatic carbocycles. The molecule has 3 saturated heterocycles. The largest absolute Gasteiger partial charge is 0.462 e. The molecule has 65 heavy (non-hydrogen) atoms. The number of ether oxygens (including phenoxy) is 5. The summed E-state index contributed by atoms with van der Waals surface area (Å²) in [6.45, 7) is 31.6. The fraction of sp³-hybridized carbons (Fsp3) is 0.898. The Morgan fingerprint density at radius 1 is 0.508 bits per heavy atom. The number of hydrogen-bond acceptors (Lipinski definition) is 16. The maximum absolute atomic E-state index is 13.1. The number of nitrogens with zero attached hydrogens (tertiary/aromatic N) is 3. The molecular weight excluding hydrogens is 839 g/mol. The van der Waals surface area contributed by atoms with E-state index in [1.807, 2.05) is 104 Å². The van der Waals surface area contributed by atoms with Crippen molar-refractivity contribution < 1.29 is 62.5 Å². The van der Waals surface area contributed by atoms with E-state index in [2.05, 4.69) is 0 Å². The van der Waals surface area contributed by atoms with Crippen LogP contribution in [0.5, 0.6) is 0 Å². The van der Waals surface area contributed by atoms with Crippen LogP contribution in [0, 0.1) is 5.41 Å². The average molecular weight is 926 g/mol. The van der Waals surface area contributed by atoms with E-state index in [9.17, 15) is 29.2 Å². The maximum Gasteiger partial charge on any atom is 0.339 e. The number of piperidine rings is 3. The molecule has 0 bridgehead atoms. The molecule has 0 aromatic heterocycles. The average Bonchev–Trinajstić information content (AvgIpc) is 3.12. The van der Waals surface area contributed by atoms with Crippen LogP contribution in [0.1, 0.15) is 208 Å². The van der Waals surface area contributed by atoms with Crippen molar-refractivity contribution in [1.82, 2.24) is 15.2 Å². The van der Waals surface area contributed by atoms with Crippen LogP contribution in [-0.2, 0) is 57.3 Å². The summed E-state index contributed by atoms with van der Waals surface area (Å²) in [5, 5.41) is 15.4. The molecule has 376 valence electrons. The Hall–Kier alpha value is -2.89. The molecule has 3 fully saturated rings. The lowest BCUT2D eigenvalue weighted by Gasteiger charge is -2.53. The SMILES string of the molecule is CC(ON1C(C)(C)CC(OC(=O)CCCCCCCCC(=O)OC2CC(C)(C)N(O)C(C)(C)C2)CC1(C)C)C(=O)OCOC(=O)C(C)ON1C(C)(C)CC(OC(=O)C(C)(C)C)CC1(C)C. The van der Waals surface area contributed by atoms with Crippen LogP contribution < -0.4 is 0 Å². The van der Waals surface area contributed by atoms with Crippen LogP contribution in [0.15, 0.2) is 0 Å². The van der Waals surface area contributed by atoms with Crippen molar-refractivity contribution in [3.8, 4) is 0 Å². The Kier molecular flexibility index (Phi) is 19.1. The molecule has 3 heterocycles. The fourth-order valence-corrected chi connectivity index (χ4v) is 10.2. The minimum atomic E-state index is -1.03.